The average molecular weight is 365 g/mol. The van der Waals surface area contributed by atoms with Crippen LogP contribution in [0.4, 0.5) is 4.39 Å². The number of likely N-dealkylation sites (tertiary alicyclic amines) is 1. The number of ether oxygens (including phenoxy) is 1. The number of amides is 1. The number of piperidine rings is 1. The number of rotatable bonds is 4. The minimum atomic E-state index is -0.937. The average Bonchev–Trinajstić information content (AvgIpc) is 2.65. The van der Waals surface area contributed by atoms with Gasteiger partial charge in [0.05, 0.1) is 18.3 Å². The molecule has 0 aromatic heterocycles. The number of ketones is 1. The second-order valence-corrected chi connectivity index (χ2v) is 7.02. The van der Waals surface area contributed by atoms with Crippen LogP contribution in [-0.2, 0) is 9.53 Å². The molecule has 3 rings (SSSR count). The van der Waals surface area contributed by atoms with Gasteiger partial charge in [-0.25, -0.2) is 4.39 Å². The Hall–Kier alpha value is -1.83. The Kier molecular flexibility index (Phi) is 5.70. The van der Waals surface area contributed by atoms with Crippen molar-refractivity contribution < 1.29 is 28.9 Å². The second-order valence-electron chi connectivity index (χ2n) is 7.02. The summed E-state index contributed by atoms with van der Waals surface area (Å²) in [5.41, 5.74) is -0.386. The van der Waals surface area contributed by atoms with E-state index in [0.717, 1.165) is 0 Å². The SMILES string of the molecule is O=C(CCC(=O)N1CCC2(CC1)OCC[C@H](O)[C@@H]2O)c1ccc(F)cc1. The topological polar surface area (TPSA) is 87.1 Å². The van der Waals surface area contributed by atoms with Crippen molar-refractivity contribution in [1.29, 1.82) is 0 Å². The zero-order chi connectivity index (χ0) is 18.7. The van der Waals surface area contributed by atoms with E-state index in [1.54, 1.807) is 4.90 Å². The molecule has 2 fully saturated rings. The molecule has 0 aliphatic carbocycles. The third-order valence-corrected chi connectivity index (χ3v) is 5.40. The van der Waals surface area contributed by atoms with Crippen molar-refractivity contribution in [2.24, 2.45) is 0 Å². The van der Waals surface area contributed by atoms with Crippen molar-refractivity contribution in [3.63, 3.8) is 0 Å². The Morgan fingerprint density at radius 3 is 2.46 bits per heavy atom. The molecule has 7 heteroatoms. The van der Waals surface area contributed by atoms with Gasteiger partial charge in [0.15, 0.2) is 5.78 Å². The van der Waals surface area contributed by atoms with E-state index in [1.165, 1.54) is 24.3 Å². The van der Waals surface area contributed by atoms with Crippen LogP contribution in [0.15, 0.2) is 24.3 Å². The van der Waals surface area contributed by atoms with Crippen LogP contribution in [0.2, 0.25) is 0 Å². The van der Waals surface area contributed by atoms with E-state index in [2.05, 4.69) is 0 Å². The molecule has 142 valence electrons. The van der Waals surface area contributed by atoms with Crippen LogP contribution in [0.3, 0.4) is 0 Å². The van der Waals surface area contributed by atoms with Crippen LogP contribution in [0.25, 0.3) is 0 Å². The fourth-order valence-corrected chi connectivity index (χ4v) is 3.71. The number of carbonyl (C=O) groups excluding carboxylic acids is 2. The molecule has 0 radical (unpaired) electrons. The summed E-state index contributed by atoms with van der Waals surface area (Å²) in [5, 5.41) is 20.1. The van der Waals surface area contributed by atoms with Gasteiger partial charge in [0.25, 0.3) is 0 Å². The molecule has 2 N–H and O–H groups in total. The first-order valence-electron chi connectivity index (χ1n) is 8.98. The molecule has 2 aliphatic heterocycles. The van der Waals surface area contributed by atoms with Gasteiger partial charge >= 0.3 is 0 Å². The first kappa shape index (κ1) is 18.9. The summed E-state index contributed by atoms with van der Waals surface area (Å²) in [4.78, 5) is 26.1. The second kappa shape index (κ2) is 7.82. The van der Waals surface area contributed by atoms with Gasteiger partial charge in [-0.15, -0.1) is 0 Å². The number of carbonyl (C=O) groups is 2. The van der Waals surface area contributed by atoms with E-state index in [1.807, 2.05) is 0 Å². The largest absolute Gasteiger partial charge is 0.390 e. The molecule has 0 saturated carbocycles. The van der Waals surface area contributed by atoms with E-state index in [9.17, 15) is 24.2 Å². The highest BCUT2D eigenvalue weighted by Crippen LogP contribution is 2.35. The number of hydrogen-bond donors (Lipinski definition) is 2. The van der Waals surface area contributed by atoms with Crippen molar-refractivity contribution in [2.75, 3.05) is 19.7 Å². The standard InChI is InChI=1S/C19H24FNO5/c20-14-3-1-13(2-4-14)15(22)5-6-17(24)21-10-8-19(9-11-21)18(25)16(23)7-12-26-19/h1-4,16,18,23,25H,5-12H2/t16-,18-/m0/s1. The molecule has 2 heterocycles. The van der Waals surface area contributed by atoms with Gasteiger partial charge in [-0.1, -0.05) is 0 Å². The summed E-state index contributed by atoms with van der Waals surface area (Å²) in [7, 11) is 0. The molecule has 1 spiro atoms. The number of aliphatic hydroxyl groups excluding tert-OH is 2. The van der Waals surface area contributed by atoms with Gasteiger partial charge in [-0.05, 0) is 43.5 Å². The van der Waals surface area contributed by atoms with Crippen molar-refractivity contribution in [3.8, 4) is 0 Å². The van der Waals surface area contributed by atoms with Crippen LogP contribution in [-0.4, -0.2) is 64.3 Å². The highest BCUT2D eigenvalue weighted by Gasteiger charge is 2.47. The van der Waals surface area contributed by atoms with Gasteiger partial charge in [-0.2, -0.15) is 0 Å². The van der Waals surface area contributed by atoms with Gasteiger partial charge in [0.2, 0.25) is 5.91 Å². The number of nitrogens with zero attached hydrogens (tertiary/aromatic N) is 1. The predicted molar refractivity (Wildman–Crippen MR) is 91.1 cm³/mol. The Labute approximate surface area is 151 Å². The number of halogens is 1. The van der Waals surface area contributed by atoms with Gasteiger partial charge in [0, 0.05) is 31.5 Å². The first-order chi connectivity index (χ1) is 12.4. The molecule has 6 nitrogen and oxygen atoms in total. The number of hydrogen-bond acceptors (Lipinski definition) is 5. The highest BCUT2D eigenvalue weighted by atomic mass is 19.1. The molecule has 2 saturated heterocycles. The van der Waals surface area contributed by atoms with Crippen LogP contribution in [0.5, 0.6) is 0 Å². The molecular weight excluding hydrogens is 341 g/mol. The minimum absolute atomic E-state index is 0.0734. The fraction of sp³-hybridized carbons (Fsp3) is 0.579. The molecular formula is C19H24FNO5. The fourth-order valence-electron chi connectivity index (χ4n) is 3.71. The lowest BCUT2D eigenvalue weighted by atomic mass is 9.80. The minimum Gasteiger partial charge on any atom is -0.390 e. The Morgan fingerprint density at radius 2 is 1.81 bits per heavy atom. The van der Waals surface area contributed by atoms with Gasteiger partial charge in [-0.3, -0.25) is 9.59 Å². The summed E-state index contributed by atoms with van der Waals surface area (Å²) in [6.07, 6.45) is -0.227. The zero-order valence-electron chi connectivity index (χ0n) is 14.6. The van der Waals surface area contributed by atoms with E-state index in [-0.39, 0.29) is 24.5 Å². The van der Waals surface area contributed by atoms with E-state index >= 15 is 0 Å². The highest BCUT2D eigenvalue weighted by molar-refractivity contribution is 5.97. The smallest absolute Gasteiger partial charge is 0.223 e. The maximum absolute atomic E-state index is 12.9. The van der Waals surface area contributed by atoms with E-state index in [4.69, 9.17) is 4.74 Å². The molecule has 1 aromatic carbocycles. The Balaban J connectivity index is 1.49. The van der Waals surface area contributed by atoms with E-state index < -0.39 is 23.6 Å². The van der Waals surface area contributed by atoms with Crippen molar-refractivity contribution in [2.45, 2.75) is 49.9 Å². The summed E-state index contributed by atoms with van der Waals surface area (Å²) >= 11 is 0. The number of Topliss-reactive ketones (excluding diaryl/α,β-unsaturated/α-hetero) is 1. The molecule has 0 bridgehead atoms. The molecule has 0 unspecified atom stereocenters. The lowest BCUT2D eigenvalue weighted by Crippen LogP contribution is -2.60. The normalized spacial score (nSPS) is 25.3. The van der Waals surface area contributed by atoms with Crippen molar-refractivity contribution in [3.05, 3.63) is 35.6 Å². The quantitative estimate of drug-likeness (QED) is 0.786. The van der Waals surface area contributed by atoms with Crippen LogP contribution in [0, 0.1) is 5.82 Å². The first-order valence-corrected chi connectivity index (χ1v) is 8.98. The van der Waals surface area contributed by atoms with Gasteiger partial charge in [0.1, 0.15) is 11.9 Å². The summed E-state index contributed by atoms with van der Waals surface area (Å²) in [6, 6.07) is 5.28. The third-order valence-electron chi connectivity index (χ3n) is 5.40. The molecule has 1 aromatic rings. The molecule has 26 heavy (non-hydrogen) atoms. The van der Waals surface area contributed by atoms with Crippen LogP contribution >= 0.6 is 0 Å². The number of aliphatic hydroxyl groups is 2. The van der Waals surface area contributed by atoms with Crippen molar-refractivity contribution in [1.82, 2.24) is 4.90 Å². The summed E-state index contributed by atoms with van der Waals surface area (Å²) < 4.78 is 18.6. The molecule has 2 atom stereocenters. The molecule has 1 amide bonds. The monoisotopic (exact) mass is 365 g/mol. The van der Waals surface area contributed by atoms with E-state index in [0.29, 0.717) is 44.5 Å². The number of benzene rings is 1. The maximum atomic E-state index is 12.9. The summed E-state index contributed by atoms with van der Waals surface area (Å²) in [6.45, 7) is 1.25. The third kappa shape index (κ3) is 3.95. The lowest BCUT2D eigenvalue weighted by molar-refractivity contribution is -0.214. The summed E-state index contributed by atoms with van der Waals surface area (Å²) in [5.74, 6) is -0.723. The lowest BCUT2D eigenvalue weighted by Gasteiger charge is -2.48. The predicted octanol–water partition coefficient (Wildman–Crippen LogP) is 1.29. The maximum Gasteiger partial charge on any atom is 0.223 e. The molecule has 2 aliphatic rings. The van der Waals surface area contributed by atoms with Gasteiger partial charge < -0.3 is 19.8 Å². The Bertz CT molecular complexity index is 654. The Morgan fingerprint density at radius 1 is 1.15 bits per heavy atom. The van der Waals surface area contributed by atoms with Crippen molar-refractivity contribution >= 4 is 11.7 Å². The van der Waals surface area contributed by atoms with Crippen LogP contribution < -0.4 is 0 Å². The zero-order valence-corrected chi connectivity index (χ0v) is 14.6. The van der Waals surface area contributed by atoms with Crippen LogP contribution in [0.1, 0.15) is 42.5 Å².